The van der Waals surface area contributed by atoms with Crippen molar-refractivity contribution in [2.75, 3.05) is 41.0 Å². The largest absolute Gasteiger partial charge is 0.477 e. The topological polar surface area (TPSA) is 99.1 Å². The Kier molecular flexibility index (Phi) is 42.4. The molecule has 356 valence electrons. The lowest BCUT2D eigenvalue weighted by molar-refractivity contribution is -0.887. The van der Waals surface area contributed by atoms with E-state index in [0.717, 1.165) is 51.4 Å². The van der Waals surface area contributed by atoms with E-state index in [1.807, 2.05) is 21.1 Å². The van der Waals surface area contributed by atoms with Crippen molar-refractivity contribution in [3.8, 4) is 0 Å². The van der Waals surface area contributed by atoms with Crippen LogP contribution in [0.25, 0.3) is 0 Å². The fraction of sp³-hybridized carbons (Fsp3) is 0.830. The van der Waals surface area contributed by atoms with Crippen LogP contribution in [0.5, 0.6) is 0 Å². The van der Waals surface area contributed by atoms with Crippen molar-refractivity contribution in [3.05, 3.63) is 36.5 Å². The molecule has 0 saturated carbocycles. The summed E-state index contributed by atoms with van der Waals surface area (Å²) in [5, 5.41) is 9.65. The summed E-state index contributed by atoms with van der Waals surface area (Å²) < 4.78 is 17.3. The summed E-state index contributed by atoms with van der Waals surface area (Å²) in [6.45, 7) is 4.73. The predicted octanol–water partition coefficient (Wildman–Crippen LogP) is 14.6. The van der Waals surface area contributed by atoms with Crippen LogP contribution in [0.2, 0.25) is 0 Å². The van der Waals surface area contributed by atoms with Gasteiger partial charge in [0.1, 0.15) is 6.61 Å². The summed E-state index contributed by atoms with van der Waals surface area (Å²) in [7, 11) is 5.53. The first-order valence-electron chi connectivity index (χ1n) is 25.5. The quantitative estimate of drug-likeness (QED) is 0.0282. The molecule has 0 spiro atoms. The maximum absolute atomic E-state index is 12.8. The molecule has 0 aromatic carbocycles. The van der Waals surface area contributed by atoms with E-state index in [1.54, 1.807) is 0 Å². The summed E-state index contributed by atoms with van der Waals surface area (Å²) in [5.74, 6) is -1.47. The minimum absolute atomic E-state index is 0.0552. The molecule has 0 radical (unpaired) electrons. The van der Waals surface area contributed by atoms with Gasteiger partial charge in [0.05, 0.1) is 34.4 Å². The molecule has 0 saturated heterocycles. The Labute approximate surface area is 376 Å². The first-order chi connectivity index (χ1) is 29.6. The number of ether oxygens (including phenoxy) is 3. The lowest BCUT2D eigenvalue weighted by Crippen LogP contribution is -2.50. The normalized spacial score (nSPS) is 13.1. The average molecular weight is 861 g/mol. The summed E-state index contributed by atoms with van der Waals surface area (Å²) in [4.78, 5) is 37.1. The molecule has 0 rings (SSSR count). The third kappa shape index (κ3) is 42.6. The number of hydrogen-bond donors (Lipinski definition) is 1. The average Bonchev–Trinajstić information content (AvgIpc) is 3.22. The van der Waals surface area contributed by atoms with Gasteiger partial charge in [-0.3, -0.25) is 9.59 Å². The molecule has 8 nitrogen and oxygen atoms in total. The maximum atomic E-state index is 12.8. The van der Waals surface area contributed by atoms with Gasteiger partial charge in [-0.2, -0.15) is 0 Å². The van der Waals surface area contributed by atoms with Gasteiger partial charge in [0.15, 0.2) is 12.1 Å². The van der Waals surface area contributed by atoms with Crippen molar-refractivity contribution in [2.45, 2.75) is 244 Å². The molecule has 0 heterocycles. The lowest BCUT2D eigenvalue weighted by Gasteiger charge is -2.31. The van der Waals surface area contributed by atoms with E-state index >= 15 is 0 Å². The van der Waals surface area contributed by atoms with Gasteiger partial charge >= 0.3 is 17.9 Å². The summed E-state index contributed by atoms with van der Waals surface area (Å²) in [6.07, 6.45) is 51.9. The monoisotopic (exact) mass is 861 g/mol. The van der Waals surface area contributed by atoms with Crippen molar-refractivity contribution in [2.24, 2.45) is 0 Å². The highest BCUT2D eigenvalue weighted by molar-refractivity contribution is 5.72. The van der Waals surface area contributed by atoms with Gasteiger partial charge in [0.2, 0.25) is 0 Å². The highest BCUT2D eigenvalue weighted by Gasteiger charge is 2.31. The minimum Gasteiger partial charge on any atom is -0.477 e. The summed E-state index contributed by atoms with van der Waals surface area (Å²) in [6, 6.07) is -0.616. The molecular weight excluding hydrogens is 763 g/mol. The summed E-state index contributed by atoms with van der Waals surface area (Å²) >= 11 is 0. The third-order valence-corrected chi connectivity index (χ3v) is 11.5. The molecule has 8 heteroatoms. The maximum Gasteiger partial charge on any atom is 0.362 e. The standard InChI is InChI=1S/C53H97NO7/c1-6-8-10-12-14-16-18-20-22-24-25-26-28-30-32-34-36-38-40-42-44-52(56)61-49(47-59-46-45-50(53(57)58)54(3,4)5)48-60-51(55)43-41-39-37-35-33-31-29-27-23-21-19-17-15-13-11-9-7-2/h15,17,21,23,25-26,49-50H,6-14,16,18-20,22,24,27-48H2,1-5H3/p+1/b17-15+,23-21+,26-25+. The van der Waals surface area contributed by atoms with E-state index in [2.05, 4.69) is 50.3 Å². The van der Waals surface area contributed by atoms with Crippen LogP contribution in [0, 0.1) is 0 Å². The summed E-state index contributed by atoms with van der Waals surface area (Å²) in [5.41, 5.74) is 0. The number of nitrogens with zero attached hydrogens (tertiary/aromatic N) is 1. The van der Waals surface area contributed by atoms with Gasteiger partial charge in [0.25, 0.3) is 0 Å². The predicted molar refractivity (Wildman–Crippen MR) is 257 cm³/mol. The number of allylic oxidation sites excluding steroid dienone is 6. The number of aliphatic carboxylic acids is 1. The molecule has 0 aliphatic rings. The van der Waals surface area contributed by atoms with Crippen LogP contribution < -0.4 is 0 Å². The second kappa shape index (κ2) is 44.2. The van der Waals surface area contributed by atoms with Gasteiger partial charge in [0, 0.05) is 19.3 Å². The van der Waals surface area contributed by atoms with E-state index in [0.29, 0.717) is 19.3 Å². The molecule has 0 aromatic heterocycles. The molecule has 0 bridgehead atoms. The fourth-order valence-electron chi connectivity index (χ4n) is 7.53. The van der Waals surface area contributed by atoms with Crippen LogP contribution in [0.15, 0.2) is 36.5 Å². The van der Waals surface area contributed by atoms with Crippen molar-refractivity contribution < 1.29 is 38.2 Å². The van der Waals surface area contributed by atoms with Gasteiger partial charge in [-0.25, -0.2) is 4.79 Å². The van der Waals surface area contributed by atoms with E-state index < -0.39 is 18.1 Å². The van der Waals surface area contributed by atoms with Crippen LogP contribution in [0.1, 0.15) is 232 Å². The highest BCUT2D eigenvalue weighted by Crippen LogP contribution is 2.15. The zero-order valence-electron chi connectivity index (χ0n) is 40.6. The number of carboxylic acid groups (broad SMARTS) is 1. The number of carbonyl (C=O) groups excluding carboxylic acids is 2. The number of hydrogen-bond acceptors (Lipinski definition) is 6. The first kappa shape index (κ1) is 58.6. The fourth-order valence-corrected chi connectivity index (χ4v) is 7.53. The van der Waals surface area contributed by atoms with E-state index in [1.165, 1.54) is 148 Å². The number of carbonyl (C=O) groups is 3. The van der Waals surface area contributed by atoms with Crippen LogP contribution >= 0.6 is 0 Å². The number of esters is 2. The minimum atomic E-state index is -0.875. The van der Waals surface area contributed by atoms with E-state index in [4.69, 9.17) is 14.2 Å². The SMILES string of the molecule is CCCCC/C=C/C/C=C/CCCCCCCCCC(=O)OCC(COCCC(C(=O)O)[N+](C)(C)C)OC(=O)CCCCCCCCC/C=C/CCCCCCCCCCC. The Balaban J connectivity index is 4.26. The van der Waals surface area contributed by atoms with Gasteiger partial charge in [-0.1, -0.05) is 179 Å². The Morgan fingerprint density at radius 1 is 0.492 bits per heavy atom. The number of rotatable bonds is 46. The number of quaternary nitrogens is 1. The first-order valence-corrected chi connectivity index (χ1v) is 25.5. The Morgan fingerprint density at radius 3 is 1.31 bits per heavy atom. The molecule has 2 atom stereocenters. The van der Waals surface area contributed by atoms with Crippen molar-refractivity contribution in [1.29, 1.82) is 0 Å². The smallest absolute Gasteiger partial charge is 0.362 e. The molecule has 2 unspecified atom stereocenters. The van der Waals surface area contributed by atoms with Gasteiger partial charge < -0.3 is 23.8 Å². The van der Waals surface area contributed by atoms with Gasteiger partial charge in [-0.15, -0.1) is 0 Å². The van der Waals surface area contributed by atoms with Crippen LogP contribution in [0.3, 0.4) is 0 Å². The zero-order chi connectivity index (χ0) is 44.9. The molecular formula is C53H98NO7+. The molecule has 61 heavy (non-hydrogen) atoms. The van der Waals surface area contributed by atoms with Crippen molar-refractivity contribution >= 4 is 17.9 Å². The number of likely N-dealkylation sites (N-methyl/N-ethyl adjacent to an activating group) is 1. The van der Waals surface area contributed by atoms with Crippen LogP contribution in [0.4, 0.5) is 0 Å². The molecule has 1 N–H and O–H groups in total. The van der Waals surface area contributed by atoms with Crippen molar-refractivity contribution in [3.63, 3.8) is 0 Å². The molecule has 0 aliphatic heterocycles. The molecule has 0 amide bonds. The number of unbranched alkanes of at least 4 members (excludes halogenated alkanes) is 26. The molecule has 0 aliphatic carbocycles. The van der Waals surface area contributed by atoms with E-state index in [-0.39, 0.29) is 36.2 Å². The third-order valence-electron chi connectivity index (χ3n) is 11.5. The number of carboxylic acids is 1. The van der Waals surface area contributed by atoms with Gasteiger partial charge in [-0.05, 0) is 70.6 Å². The molecule has 0 fully saturated rings. The van der Waals surface area contributed by atoms with Crippen LogP contribution in [-0.2, 0) is 28.6 Å². The second-order valence-corrected chi connectivity index (χ2v) is 18.4. The zero-order valence-corrected chi connectivity index (χ0v) is 40.6. The van der Waals surface area contributed by atoms with Crippen molar-refractivity contribution in [1.82, 2.24) is 0 Å². The highest BCUT2D eigenvalue weighted by atomic mass is 16.6. The Morgan fingerprint density at radius 2 is 0.869 bits per heavy atom. The Bertz CT molecular complexity index is 1090. The molecule has 0 aromatic rings. The van der Waals surface area contributed by atoms with Crippen LogP contribution in [-0.4, -0.2) is 80.6 Å². The Hall–Kier alpha value is -2.45. The second-order valence-electron chi connectivity index (χ2n) is 18.4. The lowest BCUT2D eigenvalue weighted by atomic mass is 10.1. The van der Waals surface area contributed by atoms with E-state index in [9.17, 15) is 19.5 Å².